The molecule has 0 aliphatic heterocycles. The van der Waals surface area contributed by atoms with Crippen LogP contribution in [0.2, 0.25) is 5.02 Å². The zero-order valence-corrected chi connectivity index (χ0v) is 12.9. The maximum absolute atomic E-state index is 11.6. The third kappa shape index (κ3) is 5.61. The maximum atomic E-state index is 11.6. The number of anilines is 2. The molecule has 0 aromatic carbocycles. The quantitative estimate of drug-likeness (QED) is 0.686. The highest BCUT2D eigenvalue weighted by atomic mass is 35.5. The van der Waals surface area contributed by atoms with Crippen LogP contribution in [0.3, 0.4) is 0 Å². The predicted octanol–water partition coefficient (Wildman–Crippen LogP) is 2.28. The molecule has 1 aromatic rings. The van der Waals surface area contributed by atoms with Gasteiger partial charge in [0.15, 0.2) is 0 Å². The van der Waals surface area contributed by atoms with Crippen molar-refractivity contribution in [3.63, 3.8) is 0 Å². The van der Waals surface area contributed by atoms with E-state index in [1.807, 2.05) is 20.8 Å². The maximum Gasteiger partial charge on any atom is 0.224 e. The van der Waals surface area contributed by atoms with E-state index in [1.54, 1.807) is 0 Å². The zero-order valence-electron chi connectivity index (χ0n) is 12.2. The molecule has 20 heavy (non-hydrogen) atoms. The smallest absolute Gasteiger partial charge is 0.224 e. The first-order valence-corrected chi connectivity index (χ1v) is 7.24. The lowest BCUT2D eigenvalue weighted by atomic mass is 10.2. The van der Waals surface area contributed by atoms with Crippen molar-refractivity contribution in [2.75, 3.05) is 23.7 Å². The molecule has 0 fully saturated rings. The van der Waals surface area contributed by atoms with Crippen LogP contribution >= 0.6 is 11.6 Å². The normalized spacial score (nSPS) is 11.8. The third-order valence-corrected chi connectivity index (χ3v) is 3.02. The van der Waals surface area contributed by atoms with Gasteiger partial charge in [0.05, 0.1) is 6.20 Å². The molecule has 1 heterocycles. The Morgan fingerprint density at radius 3 is 2.80 bits per heavy atom. The molecule has 3 N–H and O–H groups in total. The van der Waals surface area contributed by atoms with E-state index < -0.39 is 0 Å². The highest BCUT2D eigenvalue weighted by Crippen LogP contribution is 2.19. The molecule has 0 aliphatic carbocycles. The van der Waals surface area contributed by atoms with E-state index in [9.17, 15) is 4.79 Å². The van der Waals surface area contributed by atoms with E-state index in [1.165, 1.54) is 6.20 Å². The molecule has 6 nitrogen and oxygen atoms in total. The first-order valence-electron chi connectivity index (χ1n) is 6.86. The van der Waals surface area contributed by atoms with Crippen LogP contribution in [0.15, 0.2) is 6.20 Å². The fourth-order valence-electron chi connectivity index (χ4n) is 1.48. The number of rotatable bonds is 8. The Hall–Kier alpha value is -1.56. The molecular formula is C13H22ClN5O. The lowest BCUT2D eigenvalue weighted by molar-refractivity contribution is -0.121. The van der Waals surface area contributed by atoms with Gasteiger partial charge in [-0.2, -0.15) is 4.98 Å². The van der Waals surface area contributed by atoms with E-state index in [2.05, 4.69) is 25.9 Å². The standard InChI is InChI=1S/C13H22ClN5O/c1-4-9(3)18-11(20)6-7-16-12-10(14)8-17-13(19-12)15-5-2/h8-9H,4-7H2,1-3H3,(H,18,20)(H2,15,16,17,19). The van der Waals surface area contributed by atoms with Crippen LogP contribution in [0.5, 0.6) is 0 Å². The fraction of sp³-hybridized carbons (Fsp3) is 0.615. The summed E-state index contributed by atoms with van der Waals surface area (Å²) in [5, 5.41) is 9.40. The van der Waals surface area contributed by atoms with Gasteiger partial charge in [-0.05, 0) is 20.3 Å². The van der Waals surface area contributed by atoms with Gasteiger partial charge in [-0.3, -0.25) is 4.79 Å². The topological polar surface area (TPSA) is 78.9 Å². The summed E-state index contributed by atoms with van der Waals surface area (Å²) in [4.78, 5) is 19.9. The highest BCUT2D eigenvalue weighted by Gasteiger charge is 2.07. The Labute approximate surface area is 124 Å². The Bertz CT molecular complexity index is 441. The zero-order chi connectivity index (χ0) is 15.0. The van der Waals surface area contributed by atoms with E-state index in [0.29, 0.717) is 29.8 Å². The van der Waals surface area contributed by atoms with Crippen molar-refractivity contribution in [1.82, 2.24) is 15.3 Å². The summed E-state index contributed by atoms with van der Waals surface area (Å²) in [5.74, 6) is 1.07. The molecule has 1 unspecified atom stereocenters. The van der Waals surface area contributed by atoms with Gasteiger partial charge in [-0.1, -0.05) is 18.5 Å². The number of halogens is 1. The van der Waals surface area contributed by atoms with Crippen molar-refractivity contribution in [2.24, 2.45) is 0 Å². The molecule has 0 aliphatic rings. The Morgan fingerprint density at radius 1 is 1.40 bits per heavy atom. The Morgan fingerprint density at radius 2 is 2.15 bits per heavy atom. The van der Waals surface area contributed by atoms with Crippen LogP contribution in [0.1, 0.15) is 33.6 Å². The molecule has 0 saturated carbocycles. The van der Waals surface area contributed by atoms with Crippen LogP contribution in [0, 0.1) is 0 Å². The van der Waals surface area contributed by atoms with Crippen molar-refractivity contribution in [1.29, 1.82) is 0 Å². The lowest BCUT2D eigenvalue weighted by Crippen LogP contribution is -2.33. The van der Waals surface area contributed by atoms with Crippen LogP contribution < -0.4 is 16.0 Å². The molecule has 1 atom stereocenters. The molecule has 1 rings (SSSR count). The van der Waals surface area contributed by atoms with Gasteiger partial charge < -0.3 is 16.0 Å². The minimum atomic E-state index is 0.0175. The summed E-state index contributed by atoms with van der Waals surface area (Å²) in [5.41, 5.74) is 0. The molecule has 0 spiro atoms. The first kappa shape index (κ1) is 16.5. The summed E-state index contributed by atoms with van der Waals surface area (Å²) in [7, 11) is 0. The number of nitrogens with zero attached hydrogens (tertiary/aromatic N) is 2. The van der Waals surface area contributed by atoms with Crippen molar-refractivity contribution < 1.29 is 4.79 Å². The molecule has 0 radical (unpaired) electrons. The van der Waals surface area contributed by atoms with Crippen LogP contribution in [0.25, 0.3) is 0 Å². The number of amides is 1. The van der Waals surface area contributed by atoms with Crippen molar-refractivity contribution >= 4 is 29.3 Å². The number of carbonyl (C=O) groups is 1. The fourth-order valence-corrected chi connectivity index (χ4v) is 1.64. The summed E-state index contributed by atoms with van der Waals surface area (Å²) < 4.78 is 0. The van der Waals surface area contributed by atoms with Gasteiger partial charge in [0.2, 0.25) is 11.9 Å². The summed E-state index contributed by atoms with van der Waals surface area (Å²) in [6, 6.07) is 0.200. The van der Waals surface area contributed by atoms with E-state index in [-0.39, 0.29) is 11.9 Å². The SMILES string of the molecule is CCNc1ncc(Cl)c(NCCC(=O)NC(C)CC)n1. The monoisotopic (exact) mass is 299 g/mol. The van der Waals surface area contributed by atoms with Gasteiger partial charge in [-0.15, -0.1) is 0 Å². The number of hydrogen-bond donors (Lipinski definition) is 3. The molecule has 1 aromatic heterocycles. The van der Waals surface area contributed by atoms with Crippen molar-refractivity contribution in [2.45, 2.75) is 39.7 Å². The van der Waals surface area contributed by atoms with Crippen LogP contribution in [-0.4, -0.2) is 35.0 Å². The number of aromatic nitrogens is 2. The molecular weight excluding hydrogens is 278 g/mol. The second kappa shape index (κ2) is 8.58. The van der Waals surface area contributed by atoms with Crippen LogP contribution in [0.4, 0.5) is 11.8 Å². The van der Waals surface area contributed by atoms with Gasteiger partial charge >= 0.3 is 0 Å². The average Bonchev–Trinajstić information content (AvgIpc) is 2.42. The molecule has 1 amide bonds. The van der Waals surface area contributed by atoms with Crippen molar-refractivity contribution in [3.8, 4) is 0 Å². The largest absolute Gasteiger partial charge is 0.368 e. The van der Waals surface area contributed by atoms with Gasteiger partial charge in [-0.25, -0.2) is 4.98 Å². The Balaban J connectivity index is 2.45. The van der Waals surface area contributed by atoms with Crippen LogP contribution in [-0.2, 0) is 4.79 Å². The summed E-state index contributed by atoms with van der Waals surface area (Å²) >= 11 is 6.00. The Kier molecular flexibility index (Phi) is 7.08. The van der Waals surface area contributed by atoms with E-state index in [4.69, 9.17) is 11.6 Å². The summed E-state index contributed by atoms with van der Waals surface area (Å²) in [6.45, 7) is 7.19. The van der Waals surface area contributed by atoms with Gasteiger partial charge in [0, 0.05) is 25.6 Å². The van der Waals surface area contributed by atoms with Crippen molar-refractivity contribution in [3.05, 3.63) is 11.2 Å². The van der Waals surface area contributed by atoms with Gasteiger partial charge in [0.1, 0.15) is 10.8 Å². The second-order valence-electron chi connectivity index (χ2n) is 4.47. The minimum Gasteiger partial charge on any atom is -0.368 e. The van der Waals surface area contributed by atoms with E-state index >= 15 is 0 Å². The molecule has 0 saturated heterocycles. The molecule has 0 bridgehead atoms. The number of hydrogen-bond acceptors (Lipinski definition) is 5. The first-order chi connectivity index (χ1) is 9.56. The molecule has 7 heteroatoms. The lowest BCUT2D eigenvalue weighted by Gasteiger charge is -2.12. The second-order valence-corrected chi connectivity index (χ2v) is 4.88. The third-order valence-electron chi connectivity index (χ3n) is 2.74. The van der Waals surface area contributed by atoms with Gasteiger partial charge in [0.25, 0.3) is 0 Å². The van der Waals surface area contributed by atoms with E-state index in [0.717, 1.165) is 13.0 Å². The highest BCUT2D eigenvalue weighted by molar-refractivity contribution is 6.32. The molecule has 112 valence electrons. The predicted molar refractivity (Wildman–Crippen MR) is 82.2 cm³/mol. The summed E-state index contributed by atoms with van der Waals surface area (Å²) in [6.07, 6.45) is 2.83. The number of nitrogens with one attached hydrogen (secondary N) is 3. The average molecular weight is 300 g/mol. The number of carbonyl (C=O) groups excluding carboxylic acids is 1. The minimum absolute atomic E-state index is 0.0175.